The first kappa shape index (κ1) is 15.7. The van der Waals surface area contributed by atoms with Crippen molar-refractivity contribution < 1.29 is 9.53 Å². The van der Waals surface area contributed by atoms with E-state index in [0.29, 0.717) is 32.7 Å². The zero-order chi connectivity index (χ0) is 15.1. The van der Waals surface area contributed by atoms with E-state index < -0.39 is 0 Å². The molecule has 1 aliphatic rings. The first-order chi connectivity index (χ1) is 10.2. The summed E-state index contributed by atoms with van der Waals surface area (Å²) in [7, 11) is 0. The van der Waals surface area contributed by atoms with Gasteiger partial charge in [-0.1, -0.05) is 6.07 Å². The Labute approximate surface area is 124 Å². The van der Waals surface area contributed by atoms with Crippen molar-refractivity contribution in [1.82, 2.24) is 15.2 Å². The van der Waals surface area contributed by atoms with Gasteiger partial charge >= 0.3 is 0 Å². The van der Waals surface area contributed by atoms with E-state index in [1.54, 1.807) is 16.7 Å². The second kappa shape index (κ2) is 7.95. The molecule has 1 fully saturated rings. The van der Waals surface area contributed by atoms with Crippen LogP contribution in [0.25, 0.3) is 0 Å². The summed E-state index contributed by atoms with van der Waals surface area (Å²) in [6.07, 6.45) is 1.18. The second-order valence-electron chi connectivity index (χ2n) is 5.29. The molecule has 1 saturated heterocycles. The number of nitrogens with one attached hydrogen (secondary N) is 2. The number of ether oxygens (including phenoxy) is 1. The molecule has 0 bridgehead atoms. The van der Waals surface area contributed by atoms with E-state index in [-0.39, 0.29) is 17.5 Å². The van der Waals surface area contributed by atoms with Crippen LogP contribution in [0.5, 0.6) is 0 Å². The lowest BCUT2D eigenvalue weighted by atomic mass is 10.2. The van der Waals surface area contributed by atoms with Crippen LogP contribution in [0.2, 0.25) is 0 Å². The standard InChI is InChI=1S/C15H23N3O3/c1-12-4-2-5-15(20)18(12)8-3-6-17-14(19)10-13-11-21-9-7-16-13/h2,4-5,13,16H,3,6-11H2,1H3,(H,17,19). The summed E-state index contributed by atoms with van der Waals surface area (Å²) < 4.78 is 7.04. The summed E-state index contributed by atoms with van der Waals surface area (Å²) in [5, 5.41) is 6.14. The molecule has 2 N–H and O–H groups in total. The maximum atomic E-state index is 11.8. The van der Waals surface area contributed by atoms with Crippen molar-refractivity contribution in [1.29, 1.82) is 0 Å². The first-order valence-corrected chi connectivity index (χ1v) is 7.41. The van der Waals surface area contributed by atoms with E-state index in [4.69, 9.17) is 4.74 Å². The third-order valence-electron chi connectivity index (χ3n) is 3.58. The van der Waals surface area contributed by atoms with Crippen molar-refractivity contribution in [2.75, 3.05) is 26.3 Å². The summed E-state index contributed by atoms with van der Waals surface area (Å²) in [6.45, 7) is 5.21. The summed E-state index contributed by atoms with van der Waals surface area (Å²) in [5.41, 5.74) is 0.947. The number of rotatable bonds is 6. The van der Waals surface area contributed by atoms with Gasteiger partial charge in [0, 0.05) is 43.9 Å². The Morgan fingerprint density at radius 1 is 1.52 bits per heavy atom. The minimum Gasteiger partial charge on any atom is -0.378 e. The molecule has 1 aromatic rings. The lowest BCUT2D eigenvalue weighted by molar-refractivity contribution is -0.122. The Morgan fingerprint density at radius 2 is 2.38 bits per heavy atom. The molecule has 116 valence electrons. The molecule has 0 spiro atoms. The molecule has 6 heteroatoms. The fraction of sp³-hybridized carbons (Fsp3) is 0.600. The predicted molar refractivity (Wildman–Crippen MR) is 80.3 cm³/mol. The summed E-state index contributed by atoms with van der Waals surface area (Å²) in [5.74, 6) is 0.0233. The quantitative estimate of drug-likeness (QED) is 0.727. The number of nitrogens with zero attached hydrogens (tertiary/aromatic N) is 1. The highest BCUT2D eigenvalue weighted by molar-refractivity contribution is 5.76. The van der Waals surface area contributed by atoms with Crippen LogP contribution in [-0.4, -0.2) is 42.8 Å². The number of pyridine rings is 1. The fourth-order valence-corrected chi connectivity index (χ4v) is 2.42. The van der Waals surface area contributed by atoms with Crippen molar-refractivity contribution in [3.8, 4) is 0 Å². The van der Waals surface area contributed by atoms with Crippen LogP contribution in [0.4, 0.5) is 0 Å². The van der Waals surface area contributed by atoms with Gasteiger partial charge in [0.1, 0.15) is 0 Å². The van der Waals surface area contributed by atoms with Crippen LogP contribution in [0.15, 0.2) is 23.0 Å². The Bertz CT molecular complexity index is 521. The van der Waals surface area contributed by atoms with Crippen LogP contribution in [0.3, 0.4) is 0 Å². The topological polar surface area (TPSA) is 72.4 Å². The number of carbonyl (C=O) groups excluding carboxylic acids is 1. The molecule has 1 aromatic heterocycles. The largest absolute Gasteiger partial charge is 0.378 e. The number of hydrogen-bond donors (Lipinski definition) is 2. The molecule has 0 aliphatic carbocycles. The van der Waals surface area contributed by atoms with Crippen LogP contribution < -0.4 is 16.2 Å². The summed E-state index contributed by atoms with van der Waals surface area (Å²) in [6, 6.07) is 5.34. The van der Waals surface area contributed by atoms with Crippen LogP contribution in [0.1, 0.15) is 18.5 Å². The average molecular weight is 293 g/mol. The third kappa shape index (κ3) is 4.99. The third-order valence-corrected chi connectivity index (χ3v) is 3.58. The Kier molecular flexibility index (Phi) is 5.95. The molecule has 0 saturated carbocycles. The normalized spacial score (nSPS) is 18.4. The second-order valence-corrected chi connectivity index (χ2v) is 5.29. The molecular formula is C15H23N3O3. The summed E-state index contributed by atoms with van der Waals surface area (Å²) >= 11 is 0. The van der Waals surface area contributed by atoms with Crippen molar-refractivity contribution in [2.45, 2.75) is 32.4 Å². The molecule has 2 heterocycles. The van der Waals surface area contributed by atoms with Gasteiger partial charge in [-0.2, -0.15) is 0 Å². The predicted octanol–water partition coefficient (Wildman–Crippen LogP) is 0.0415. The number of aromatic nitrogens is 1. The van der Waals surface area contributed by atoms with Gasteiger partial charge in [-0.05, 0) is 19.4 Å². The maximum Gasteiger partial charge on any atom is 0.250 e. The SMILES string of the molecule is Cc1cccc(=O)n1CCCNC(=O)CC1COCCN1. The number of carbonyl (C=O) groups is 1. The van der Waals surface area contributed by atoms with Gasteiger partial charge in [0.25, 0.3) is 5.56 Å². The molecule has 21 heavy (non-hydrogen) atoms. The van der Waals surface area contributed by atoms with E-state index >= 15 is 0 Å². The average Bonchev–Trinajstić information content (AvgIpc) is 2.47. The van der Waals surface area contributed by atoms with E-state index in [1.165, 1.54) is 0 Å². The van der Waals surface area contributed by atoms with Crippen molar-refractivity contribution >= 4 is 5.91 Å². The van der Waals surface area contributed by atoms with Gasteiger partial charge in [0.05, 0.1) is 13.2 Å². The zero-order valence-corrected chi connectivity index (χ0v) is 12.4. The van der Waals surface area contributed by atoms with Gasteiger partial charge in [0.15, 0.2) is 0 Å². The van der Waals surface area contributed by atoms with Gasteiger partial charge in [-0.25, -0.2) is 0 Å². The Balaban J connectivity index is 1.67. The smallest absolute Gasteiger partial charge is 0.250 e. The van der Waals surface area contributed by atoms with Gasteiger partial charge in [-0.3, -0.25) is 9.59 Å². The molecule has 0 aromatic carbocycles. The lowest BCUT2D eigenvalue weighted by Crippen LogP contribution is -2.44. The Hall–Kier alpha value is -1.66. The highest BCUT2D eigenvalue weighted by Gasteiger charge is 2.16. The van der Waals surface area contributed by atoms with Gasteiger partial charge < -0.3 is 19.9 Å². The van der Waals surface area contributed by atoms with Crippen LogP contribution >= 0.6 is 0 Å². The van der Waals surface area contributed by atoms with E-state index in [2.05, 4.69) is 10.6 Å². The zero-order valence-electron chi connectivity index (χ0n) is 12.4. The highest BCUT2D eigenvalue weighted by atomic mass is 16.5. The minimum atomic E-state index is 0.00452. The van der Waals surface area contributed by atoms with Gasteiger partial charge in [0.2, 0.25) is 5.91 Å². The minimum absolute atomic E-state index is 0.00452. The number of aryl methyl sites for hydroxylation is 1. The molecule has 1 aliphatic heterocycles. The van der Waals surface area contributed by atoms with E-state index in [1.807, 2.05) is 13.0 Å². The fourth-order valence-electron chi connectivity index (χ4n) is 2.42. The van der Waals surface area contributed by atoms with Crippen LogP contribution in [-0.2, 0) is 16.1 Å². The Morgan fingerprint density at radius 3 is 3.10 bits per heavy atom. The highest BCUT2D eigenvalue weighted by Crippen LogP contribution is 1.99. The molecular weight excluding hydrogens is 270 g/mol. The molecule has 1 unspecified atom stereocenters. The molecule has 1 atom stereocenters. The molecule has 0 radical (unpaired) electrons. The molecule has 1 amide bonds. The van der Waals surface area contributed by atoms with Crippen LogP contribution in [0, 0.1) is 6.92 Å². The van der Waals surface area contributed by atoms with E-state index in [0.717, 1.165) is 18.7 Å². The van der Waals surface area contributed by atoms with Crippen molar-refractivity contribution in [3.63, 3.8) is 0 Å². The molecule has 2 rings (SSSR count). The van der Waals surface area contributed by atoms with Gasteiger partial charge in [-0.15, -0.1) is 0 Å². The summed E-state index contributed by atoms with van der Waals surface area (Å²) in [4.78, 5) is 23.5. The number of morpholine rings is 1. The van der Waals surface area contributed by atoms with E-state index in [9.17, 15) is 9.59 Å². The monoisotopic (exact) mass is 293 g/mol. The lowest BCUT2D eigenvalue weighted by Gasteiger charge is -2.23. The molecule has 6 nitrogen and oxygen atoms in total. The van der Waals surface area contributed by atoms with Crippen molar-refractivity contribution in [3.05, 3.63) is 34.2 Å². The van der Waals surface area contributed by atoms with Crippen molar-refractivity contribution in [2.24, 2.45) is 0 Å². The number of amides is 1. The first-order valence-electron chi connectivity index (χ1n) is 7.41. The number of hydrogen-bond acceptors (Lipinski definition) is 4. The maximum absolute atomic E-state index is 11.8.